The van der Waals surface area contributed by atoms with E-state index in [4.69, 9.17) is 20.8 Å². The Kier molecular flexibility index (Phi) is 6.01. The zero-order valence-electron chi connectivity index (χ0n) is 15.7. The maximum Gasteiger partial charge on any atom is 0.410 e. The Bertz CT molecular complexity index is 722. The minimum Gasteiger partial charge on any atom is -0.444 e. The van der Waals surface area contributed by atoms with E-state index in [2.05, 4.69) is 4.85 Å². The van der Waals surface area contributed by atoms with E-state index in [0.717, 1.165) is 0 Å². The third-order valence-electron chi connectivity index (χ3n) is 4.02. The molecule has 0 saturated carbocycles. The van der Waals surface area contributed by atoms with Crippen molar-refractivity contribution in [1.29, 1.82) is 0 Å². The Morgan fingerprint density at radius 2 is 1.85 bits per heavy atom. The van der Waals surface area contributed by atoms with Crippen molar-refractivity contribution in [3.63, 3.8) is 0 Å². The highest BCUT2D eigenvalue weighted by Gasteiger charge is 2.38. The van der Waals surface area contributed by atoms with Gasteiger partial charge in [-0.25, -0.2) is 9.64 Å². The minimum absolute atomic E-state index is 0.0901. The molecule has 1 heterocycles. The van der Waals surface area contributed by atoms with Gasteiger partial charge in [0.15, 0.2) is 17.8 Å². The molecule has 1 saturated heterocycles. The van der Waals surface area contributed by atoms with Crippen molar-refractivity contribution in [2.45, 2.75) is 32.7 Å². The van der Waals surface area contributed by atoms with Crippen LogP contribution in [0, 0.1) is 12.5 Å². The number of likely N-dealkylation sites (tertiary alicyclic amines) is 1. The van der Waals surface area contributed by atoms with E-state index >= 15 is 0 Å². The second-order valence-corrected chi connectivity index (χ2v) is 7.14. The lowest BCUT2D eigenvalue weighted by Crippen LogP contribution is -2.54. The molecule has 2 rings (SSSR count). The third-order valence-corrected chi connectivity index (χ3v) is 4.02. The van der Waals surface area contributed by atoms with Crippen molar-refractivity contribution in [1.82, 2.24) is 4.90 Å². The lowest BCUT2D eigenvalue weighted by atomic mass is 9.90. The van der Waals surface area contributed by atoms with Crippen LogP contribution in [-0.4, -0.2) is 49.7 Å². The van der Waals surface area contributed by atoms with Crippen LogP contribution in [0.1, 0.15) is 43.0 Å². The Morgan fingerprint density at radius 1 is 1.23 bits per heavy atom. The lowest BCUT2D eigenvalue weighted by molar-refractivity contribution is -0.105. The molecule has 0 unspecified atom stereocenters. The molecule has 26 heavy (non-hydrogen) atoms. The Balaban J connectivity index is 2.06. The molecule has 0 aromatic heterocycles. The predicted octanol–water partition coefficient (Wildman–Crippen LogP) is 3.58. The maximum absolute atomic E-state index is 12.6. The first kappa shape index (κ1) is 19.9. The Labute approximate surface area is 153 Å². The van der Waals surface area contributed by atoms with Gasteiger partial charge in [0.05, 0.1) is 12.5 Å². The van der Waals surface area contributed by atoms with Gasteiger partial charge in [-0.15, -0.1) is 0 Å². The second kappa shape index (κ2) is 7.85. The van der Waals surface area contributed by atoms with Crippen LogP contribution < -0.4 is 0 Å². The molecule has 0 radical (unpaired) electrons. The summed E-state index contributed by atoms with van der Waals surface area (Å²) in [6.45, 7) is 13.4. The molecule has 0 N–H and O–H groups in total. The van der Waals surface area contributed by atoms with Crippen LogP contribution >= 0.6 is 0 Å². The standard InChI is InChI=1S/C19H24N2O5/c1-19(2,3)26-18(23)21-10-13(11-21)16(22)12-7-8-14(15(9-12)20-4)17(24-5)25-6/h7-9,13,17H,10-11H2,1-3,5-6H3. The van der Waals surface area contributed by atoms with Crippen LogP contribution in [0.3, 0.4) is 0 Å². The fraction of sp³-hybridized carbons (Fsp3) is 0.526. The van der Waals surface area contributed by atoms with Crippen LogP contribution in [0.2, 0.25) is 0 Å². The van der Waals surface area contributed by atoms with E-state index < -0.39 is 18.0 Å². The molecule has 0 atom stereocenters. The summed E-state index contributed by atoms with van der Waals surface area (Å²) < 4.78 is 15.6. The summed E-state index contributed by atoms with van der Waals surface area (Å²) in [6.07, 6.45) is -1.07. The van der Waals surface area contributed by atoms with E-state index in [1.54, 1.807) is 39.0 Å². The number of Topliss-reactive ketones (excluding diaryl/α,β-unsaturated/α-hetero) is 1. The van der Waals surface area contributed by atoms with Gasteiger partial charge in [-0.3, -0.25) is 4.79 Å². The van der Waals surface area contributed by atoms with Crippen LogP contribution in [0.15, 0.2) is 18.2 Å². The van der Waals surface area contributed by atoms with Gasteiger partial charge in [-0.1, -0.05) is 12.1 Å². The van der Waals surface area contributed by atoms with Gasteiger partial charge in [-0.05, 0) is 26.8 Å². The zero-order valence-corrected chi connectivity index (χ0v) is 15.7. The van der Waals surface area contributed by atoms with Gasteiger partial charge in [0.2, 0.25) is 0 Å². The minimum atomic E-state index is -0.658. The predicted molar refractivity (Wildman–Crippen MR) is 95.1 cm³/mol. The fourth-order valence-electron chi connectivity index (χ4n) is 2.70. The number of methoxy groups -OCH3 is 2. The summed E-state index contributed by atoms with van der Waals surface area (Å²) in [7, 11) is 2.97. The maximum atomic E-state index is 12.6. The van der Waals surface area contributed by atoms with Crippen molar-refractivity contribution < 1.29 is 23.8 Å². The summed E-state index contributed by atoms with van der Waals surface area (Å²) >= 11 is 0. The highest BCUT2D eigenvalue weighted by Crippen LogP contribution is 2.31. The number of hydrogen-bond acceptors (Lipinski definition) is 5. The van der Waals surface area contributed by atoms with Gasteiger partial charge in [0.1, 0.15) is 5.60 Å². The van der Waals surface area contributed by atoms with E-state index in [1.165, 1.54) is 19.1 Å². The molecule has 0 bridgehead atoms. The molecule has 0 spiro atoms. The van der Waals surface area contributed by atoms with E-state index in [9.17, 15) is 9.59 Å². The first-order valence-electron chi connectivity index (χ1n) is 8.29. The molecule has 1 fully saturated rings. The molecule has 1 aliphatic rings. The van der Waals surface area contributed by atoms with Gasteiger partial charge in [0, 0.05) is 38.4 Å². The molecular weight excluding hydrogens is 336 g/mol. The van der Waals surface area contributed by atoms with Crippen molar-refractivity contribution in [2.24, 2.45) is 5.92 Å². The molecule has 7 heteroatoms. The first-order valence-corrected chi connectivity index (χ1v) is 8.29. The number of benzene rings is 1. The fourth-order valence-corrected chi connectivity index (χ4v) is 2.70. The SMILES string of the molecule is [C-]#[N+]c1cc(C(=O)C2CN(C(=O)OC(C)(C)C)C2)ccc1C(OC)OC. The number of carbonyl (C=O) groups excluding carboxylic acids is 2. The molecular formula is C19H24N2O5. The quantitative estimate of drug-likeness (QED) is 0.456. The summed E-state index contributed by atoms with van der Waals surface area (Å²) in [6, 6.07) is 4.88. The van der Waals surface area contributed by atoms with Crippen LogP contribution in [0.5, 0.6) is 0 Å². The second-order valence-electron chi connectivity index (χ2n) is 7.14. The highest BCUT2D eigenvalue weighted by atomic mass is 16.7. The Morgan fingerprint density at radius 3 is 2.35 bits per heavy atom. The zero-order chi connectivity index (χ0) is 19.5. The first-order chi connectivity index (χ1) is 12.2. The largest absolute Gasteiger partial charge is 0.444 e. The lowest BCUT2D eigenvalue weighted by Gasteiger charge is -2.39. The van der Waals surface area contributed by atoms with E-state index in [1.807, 2.05) is 0 Å². The summed E-state index contributed by atoms with van der Waals surface area (Å²) in [4.78, 5) is 29.6. The average Bonchev–Trinajstić information content (AvgIpc) is 2.53. The molecule has 1 aliphatic heterocycles. The number of rotatable bonds is 5. The van der Waals surface area contributed by atoms with Gasteiger partial charge in [-0.2, -0.15) is 0 Å². The van der Waals surface area contributed by atoms with Crippen LogP contribution in [0.25, 0.3) is 4.85 Å². The molecule has 1 amide bonds. The van der Waals surface area contributed by atoms with Gasteiger partial charge >= 0.3 is 6.09 Å². The van der Waals surface area contributed by atoms with E-state index in [0.29, 0.717) is 29.9 Å². The number of ketones is 1. The van der Waals surface area contributed by atoms with Crippen molar-refractivity contribution in [3.05, 3.63) is 40.7 Å². The molecule has 1 aromatic rings. The van der Waals surface area contributed by atoms with Crippen LogP contribution in [-0.2, 0) is 14.2 Å². The number of ether oxygens (including phenoxy) is 3. The topological polar surface area (TPSA) is 69.4 Å². The molecule has 140 valence electrons. The smallest absolute Gasteiger partial charge is 0.410 e. The van der Waals surface area contributed by atoms with Gasteiger partial charge in [0.25, 0.3) is 0 Å². The number of amides is 1. The van der Waals surface area contributed by atoms with E-state index in [-0.39, 0.29) is 11.7 Å². The molecule has 7 nitrogen and oxygen atoms in total. The van der Waals surface area contributed by atoms with Crippen molar-refractivity contribution in [2.75, 3.05) is 27.3 Å². The molecule has 1 aromatic carbocycles. The number of nitrogens with zero attached hydrogens (tertiary/aromatic N) is 2. The monoisotopic (exact) mass is 360 g/mol. The van der Waals surface area contributed by atoms with Crippen LogP contribution in [0.4, 0.5) is 10.5 Å². The average molecular weight is 360 g/mol. The summed E-state index contributed by atoms with van der Waals surface area (Å²) in [5.41, 5.74) is 0.768. The third kappa shape index (κ3) is 4.40. The normalized spacial score (nSPS) is 14.7. The Hall–Kier alpha value is -2.43. The van der Waals surface area contributed by atoms with Crippen molar-refractivity contribution in [3.8, 4) is 0 Å². The van der Waals surface area contributed by atoms with Gasteiger partial charge < -0.3 is 19.1 Å². The number of carbonyl (C=O) groups is 2. The number of hydrogen-bond donors (Lipinski definition) is 0. The molecule has 0 aliphatic carbocycles. The summed E-state index contributed by atoms with van der Waals surface area (Å²) in [5, 5.41) is 0. The van der Waals surface area contributed by atoms with Crippen molar-refractivity contribution >= 4 is 17.6 Å². The summed E-state index contributed by atoms with van der Waals surface area (Å²) in [5.74, 6) is -0.375. The highest BCUT2D eigenvalue weighted by molar-refractivity contribution is 6.00.